The number of rotatable bonds is 4. The molecule has 0 spiro atoms. The van der Waals surface area contributed by atoms with Gasteiger partial charge in [-0.2, -0.15) is 0 Å². The largest absolute Gasteiger partial charge is 0.444 e. The fraction of sp³-hybridized carbons (Fsp3) is 0.611. The topological polar surface area (TPSA) is 41.6 Å². The summed E-state index contributed by atoms with van der Waals surface area (Å²) in [5.41, 5.74) is 0.346. The first kappa shape index (κ1) is 19.0. The minimum atomic E-state index is -0.473. The highest BCUT2D eigenvalue weighted by Crippen LogP contribution is 2.19. The number of nitrogens with zero attached hydrogens (tertiary/aromatic N) is 1. The summed E-state index contributed by atoms with van der Waals surface area (Å²) in [6.07, 6.45) is 1.79. The van der Waals surface area contributed by atoms with Crippen molar-refractivity contribution in [1.82, 2.24) is 10.2 Å². The van der Waals surface area contributed by atoms with Crippen molar-refractivity contribution in [3.63, 3.8) is 0 Å². The molecule has 1 aliphatic heterocycles. The second-order valence-electron chi connectivity index (χ2n) is 7.34. The van der Waals surface area contributed by atoms with Gasteiger partial charge < -0.3 is 15.0 Å². The molecule has 2 rings (SSSR count). The number of carbonyl (C=O) groups is 1. The molecule has 1 saturated heterocycles. The summed E-state index contributed by atoms with van der Waals surface area (Å²) in [6.45, 7) is 8.37. The minimum absolute atomic E-state index is 0.246. The summed E-state index contributed by atoms with van der Waals surface area (Å²) in [4.78, 5) is 13.9. The molecule has 1 atom stereocenters. The van der Waals surface area contributed by atoms with Gasteiger partial charge in [-0.1, -0.05) is 11.6 Å². The summed E-state index contributed by atoms with van der Waals surface area (Å²) in [7, 11) is 0. The lowest BCUT2D eigenvalue weighted by molar-refractivity contribution is 0.0166. The van der Waals surface area contributed by atoms with E-state index in [4.69, 9.17) is 16.3 Å². The SMILES string of the molecule is CC(C)(C)OC(=O)N1CCCC(CNCc2cc(F)cc(Cl)c2)C1. The number of nitrogens with one attached hydrogen (secondary N) is 1. The summed E-state index contributed by atoms with van der Waals surface area (Å²) in [5.74, 6) is 0.0448. The van der Waals surface area contributed by atoms with E-state index < -0.39 is 5.60 Å². The molecule has 1 N–H and O–H groups in total. The molecule has 134 valence electrons. The lowest BCUT2D eigenvalue weighted by Crippen LogP contribution is -2.45. The molecule has 0 saturated carbocycles. The van der Waals surface area contributed by atoms with Crippen LogP contribution in [0.4, 0.5) is 9.18 Å². The third-order valence-electron chi connectivity index (χ3n) is 3.86. The van der Waals surface area contributed by atoms with Crippen molar-refractivity contribution in [3.05, 3.63) is 34.6 Å². The number of likely N-dealkylation sites (tertiary alicyclic amines) is 1. The van der Waals surface area contributed by atoms with Gasteiger partial charge in [-0.3, -0.25) is 0 Å². The molecular formula is C18H26ClFN2O2. The summed E-state index contributed by atoms with van der Waals surface area (Å²) in [6, 6.07) is 4.53. The van der Waals surface area contributed by atoms with Crippen LogP contribution in [-0.4, -0.2) is 36.2 Å². The Balaban J connectivity index is 1.79. The molecule has 1 aromatic carbocycles. The van der Waals surface area contributed by atoms with Crippen LogP contribution < -0.4 is 5.32 Å². The second-order valence-corrected chi connectivity index (χ2v) is 7.78. The number of hydrogen-bond donors (Lipinski definition) is 1. The standard InChI is InChI=1S/C18H26ClFN2O2/c1-18(2,3)24-17(23)22-6-4-5-13(12-22)10-21-11-14-7-15(19)9-16(20)8-14/h7-9,13,21H,4-6,10-12H2,1-3H3. The third kappa shape index (κ3) is 6.29. The van der Waals surface area contributed by atoms with Crippen LogP contribution in [0.3, 0.4) is 0 Å². The lowest BCUT2D eigenvalue weighted by Gasteiger charge is -2.34. The predicted octanol–water partition coefficient (Wildman–Crippen LogP) is 4.22. The van der Waals surface area contributed by atoms with Crippen molar-refractivity contribution in [3.8, 4) is 0 Å². The van der Waals surface area contributed by atoms with Crippen molar-refractivity contribution in [2.75, 3.05) is 19.6 Å². The maximum atomic E-state index is 13.3. The molecule has 1 amide bonds. The van der Waals surface area contributed by atoms with Crippen LogP contribution in [-0.2, 0) is 11.3 Å². The van der Waals surface area contributed by atoms with Crippen molar-refractivity contribution < 1.29 is 13.9 Å². The fourth-order valence-corrected chi connectivity index (χ4v) is 3.10. The second kappa shape index (κ2) is 8.17. The highest BCUT2D eigenvalue weighted by atomic mass is 35.5. The number of ether oxygens (including phenoxy) is 1. The van der Waals surface area contributed by atoms with Crippen LogP contribution in [0.2, 0.25) is 5.02 Å². The number of halogens is 2. The lowest BCUT2D eigenvalue weighted by atomic mass is 9.98. The smallest absolute Gasteiger partial charge is 0.410 e. The van der Waals surface area contributed by atoms with E-state index in [1.165, 1.54) is 12.1 Å². The molecule has 1 aliphatic rings. The Morgan fingerprint density at radius 1 is 1.42 bits per heavy atom. The maximum absolute atomic E-state index is 13.3. The van der Waals surface area contributed by atoms with Crippen LogP contribution in [0.5, 0.6) is 0 Å². The molecule has 0 aromatic heterocycles. The van der Waals surface area contributed by atoms with Gasteiger partial charge in [0.1, 0.15) is 11.4 Å². The Morgan fingerprint density at radius 2 is 2.17 bits per heavy atom. The molecule has 4 nitrogen and oxygen atoms in total. The average Bonchev–Trinajstić information content (AvgIpc) is 2.45. The van der Waals surface area contributed by atoms with E-state index in [1.807, 2.05) is 20.8 Å². The van der Waals surface area contributed by atoms with Crippen LogP contribution in [0.15, 0.2) is 18.2 Å². The Labute approximate surface area is 148 Å². The first-order chi connectivity index (χ1) is 11.2. The van der Waals surface area contributed by atoms with E-state index in [-0.39, 0.29) is 11.9 Å². The molecular weight excluding hydrogens is 331 g/mol. The van der Waals surface area contributed by atoms with Gasteiger partial charge in [-0.15, -0.1) is 0 Å². The van der Waals surface area contributed by atoms with E-state index in [1.54, 1.807) is 11.0 Å². The van der Waals surface area contributed by atoms with E-state index in [2.05, 4.69) is 5.32 Å². The van der Waals surface area contributed by atoms with E-state index in [9.17, 15) is 9.18 Å². The van der Waals surface area contributed by atoms with Gasteiger partial charge in [0.2, 0.25) is 0 Å². The normalized spacial score (nSPS) is 18.5. The van der Waals surface area contributed by atoms with E-state index in [0.29, 0.717) is 24.0 Å². The molecule has 1 unspecified atom stereocenters. The van der Waals surface area contributed by atoms with Gasteiger partial charge in [0.05, 0.1) is 0 Å². The zero-order valence-corrected chi connectivity index (χ0v) is 15.3. The van der Waals surface area contributed by atoms with Crippen molar-refractivity contribution >= 4 is 17.7 Å². The molecule has 6 heteroatoms. The van der Waals surface area contributed by atoms with Gasteiger partial charge in [-0.05, 0) is 69.8 Å². The van der Waals surface area contributed by atoms with Crippen molar-refractivity contribution in [1.29, 1.82) is 0 Å². The molecule has 1 aromatic rings. The van der Waals surface area contributed by atoms with Crippen LogP contribution in [0, 0.1) is 11.7 Å². The van der Waals surface area contributed by atoms with Crippen LogP contribution >= 0.6 is 11.6 Å². The molecule has 0 radical (unpaired) electrons. The molecule has 1 fully saturated rings. The summed E-state index contributed by atoms with van der Waals surface area (Å²) in [5, 5.41) is 3.73. The summed E-state index contributed by atoms with van der Waals surface area (Å²) < 4.78 is 18.8. The van der Waals surface area contributed by atoms with Gasteiger partial charge in [0.15, 0.2) is 0 Å². The van der Waals surface area contributed by atoms with Crippen molar-refractivity contribution in [2.24, 2.45) is 5.92 Å². The highest BCUT2D eigenvalue weighted by Gasteiger charge is 2.27. The van der Waals surface area contributed by atoms with Crippen LogP contribution in [0.25, 0.3) is 0 Å². The molecule has 0 aliphatic carbocycles. The zero-order valence-electron chi connectivity index (χ0n) is 14.6. The van der Waals surface area contributed by atoms with Gasteiger partial charge >= 0.3 is 6.09 Å². The first-order valence-electron chi connectivity index (χ1n) is 8.36. The van der Waals surface area contributed by atoms with E-state index in [0.717, 1.165) is 31.5 Å². The predicted molar refractivity (Wildman–Crippen MR) is 93.6 cm³/mol. The minimum Gasteiger partial charge on any atom is -0.444 e. The Bertz CT molecular complexity index is 554. The monoisotopic (exact) mass is 356 g/mol. The van der Waals surface area contributed by atoms with Gasteiger partial charge in [-0.25, -0.2) is 9.18 Å². The number of benzene rings is 1. The van der Waals surface area contributed by atoms with Gasteiger partial charge in [0.25, 0.3) is 0 Å². The summed E-state index contributed by atoms with van der Waals surface area (Å²) >= 11 is 5.86. The van der Waals surface area contributed by atoms with Gasteiger partial charge in [0, 0.05) is 24.7 Å². The molecule has 24 heavy (non-hydrogen) atoms. The first-order valence-corrected chi connectivity index (χ1v) is 8.74. The Morgan fingerprint density at radius 3 is 2.83 bits per heavy atom. The Kier molecular flexibility index (Phi) is 6.47. The zero-order chi connectivity index (χ0) is 17.7. The van der Waals surface area contributed by atoms with E-state index >= 15 is 0 Å². The van der Waals surface area contributed by atoms with Crippen molar-refractivity contribution in [2.45, 2.75) is 45.8 Å². The number of piperidine rings is 1. The number of amides is 1. The quantitative estimate of drug-likeness (QED) is 0.878. The number of hydrogen-bond acceptors (Lipinski definition) is 3. The number of carbonyl (C=O) groups excluding carboxylic acids is 1. The average molecular weight is 357 g/mol. The Hall–Kier alpha value is -1.33. The highest BCUT2D eigenvalue weighted by molar-refractivity contribution is 6.30. The molecule has 1 heterocycles. The maximum Gasteiger partial charge on any atom is 0.410 e. The van der Waals surface area contributed by atoms with Crippen LogP contribution in [0.1, 0.15) is 39.2 Å². The third-order valence-corrected chi connectivity index (χ3v) is 4.07. The molecule has 0 bridgehead atoms. The fourth-order valence-electron chi connectivity index (χ4n) is 2.86.